The SMILES string of the molecule is NC1C2CCC(C2)C1C(=O)N1CC2(CC2)c2ccccc21. The third-order valence-electron chi connectivity index (χ3n) is 6.61. The molecule has 0 radical (unpaired) electrons. The fraction of sp³-hybridized carbons (Fsp3) is 0.611. The number of nitrogens with two attached hydrogens (primary N) is 1. The zero-order chi connectivity index (χ0) is 14.2. The van der Waals surface area contributed by atoms with Crippen molar-refractivity contribution in [2.24, 2.45) is 23.5 Å². The number of carbonyl (C=O) groups excluding carboxylic acids is 1. The third-order valence-corrected chi connectivity index (χ3v) is 6.61. The van der Waals surface area contributed by atoms with Gasteiger partial charge in [-0.15, -0.1) is 0 Å². The summed E-state index contributed by atoms with van der Waals surface area (Å²) in [6.45, 7) is 0.895. The highest BCUT2D eigenvalue weighted by Crippen LogP contribution is 2.57. The van der Waals surface area contributed by atoms with Crippen molar-refractivity contribution >= 4 is 11.6 Å². The Morgan fingerprint density at radius 1 is 1.19 bits per heavy atom. The highest BCUT2D eigenvalue weighted by atomic mass is 16.2. The summed E-state index contributed by atoms with van der Waals surface area (Å²) < 4.78 is 0. The molecular formula is C18H22N2O. The van der Waals surface area contributed by atoms with Gasteiger partial charge in [0.05, 0.1) is 5.92 Å². The number of anilines is 1. The van der Waals surface area contributed by atoms with E-state index in [4.69, 9.17) is 5.73 Å². The molecule has 4 aliphatic rings. The van der Waals surface area contributed by atoms with Crippen LogP contribution in [0.15, 0.2) is 24.3 Å². The molecule has 1 aromatic rings. The molecule has 3 heteroatoms. The lowest BCUT2D eigenvalue weighted by Crippen LogP contribution is -2.47. The quantitative estimate of drug-likeness (QED) is 0.860. The number of hydrogen-bond acceptors (Lipinski definition) is 2. The molecule has 1 spiro atoms. The summed E-state index contributed by atoms with van der Waals surface area (Å²) in [6, 6.07) is 8.60. The molecule has 1 aromatic carbocycles. The van der Waals surface area contributed by atoms with Crippen LogP contribution >= 0.6 is 0 Å². The van der Waals surface area contributed by atoms with Crippen molar-refractivity contribution in [3.05, 3.63) is 29.8 Å². The Balaban J connectivity index is 1.50. The number of benzene rings is 1. The van der Waals surface area contributed by atoms with Crippen molar-refractivity contribution in [2.75, 3.05) is 11.4 Å². The molecule has 4 atom stereocenters. The van der Waals surface area contributed by atoms with Gasteiger partial charge in [-0.3, -0.25) is 4.79 Å². The van der Waals surface area contributed by atoms with Crippen LogP contribution in [-0.4, -0.2) is 18.5 Å². The number of amides is 1. The van der Waals surface area contributed by atoms with Crippen molar-refractivity contribution in [3.63, 3.8) is 0 Å². The first kappa shape index (κ1) is 12.2. The molecule has 1 heterocycles. The van der Waals surface area contributed by atoms with E-state index >= 15 is 0 Å². The summed E-state index contributed by atoms with van der Waals surface area (Å²) in [7, 11) is 0. The molecule has 21 heavy (non-hydrogen) atoms. The molecule has 0 saturated heterocycles. The smallest absolute Gasteiger partial charge is 0.231 e. The van der Waals surface area contributed by atoms with E-state index in [9.17, 15) is 4.79 Å². The van der Waals surface area contributed by atoms with E-state index in [1.807, 2.05) is 0 Å². The third kappa shape index (κ3) is 1.50. The summed E-state index contributed by atoms with van der Waals surface area (Å²) in [5, 5.41) is 0. The second-order valence-corrected chi connectivity index (χ2v) is 7.66. The average Bonchev–Trinajstić information content (AvgIpc) is 2.87. The van der Waals surface area contributed by atoms with E-state index in [1.165, 1.54) is 37.7 Å². The Bertz CT molecular complexity index is 619. The van der Waals surface area contributed by atoms with Crippen LogP contribution in [0.4, 0.5) is 5.69 Å². The molecule has 2 bridgehead atoms. The van der Waals surface area contributed by atoms with Gasteiger partial charge in [0.15, 0.2) is 0 Å². The maximum Gasteiger partial charge on any atom is 0.231 e. The van der Waals surface area contributed by atoms with Gasteiger partial charge in [-0.25, -0.2) is 0 Å². The number of nitrogens with zero attached hydrogens (tertiary/aromatic N) is 1. The van der Waals surface area contributed by atoms with Gasteiger partial charge in [-0.2, -0.15) is 0 Å². The van der Waals surface area contributed by atoms with Gasteiger partial charge in [-0.1, -0.05) is 18.2 Å². The Morgan fingerprint density at radius 2 is 1.95 bits per heavy atom. The normalized spacial score (nSPS) is 38.0. The first-order valence-electron chi connectivity index (χ1n) is 8.36. The van der Waals surface area contributed by atoms with Crippen LogP contribution < -0.4 is 10.6 Å². The first-order valence-corrected chi connectivity index (χ1v) is 8.36. The minimum absolute atomic E-state index is 0.0747. The fourth-order valence-corrected chi connectivity index (χ4v) is 5.29. The Labute approximate surface area is 125 Å². The van der Waals surface area contributed by atoms with Crippen LogP contribution in [0.2, 0.25) is 0 Å². The molecule has 3 saturated carbocycles. The van der Waals surface area contributed by atoms with Crippen molar-refractivity contribution in [1.29, 1.82) is 0 Å². The maximum absolute atomic E-state index is 13.2. The molecule has 2 N–H and O–H groups in total. The van der Waals surface area contributed by atoms with E-state index < -0.39 is 0 Å². The molecule has 3 fully saturated rings. The molecular weight excluding hydrogens is 260 g/mol. The van der Waals surface area contributed by atoms with E-state index in [2.05, 4.69) is 29.2 Å². The Morgan fingerprint density at radius 3 is 2.67 bits per heavy atom. The Hall–Kier alpha value is -1.35. The van der Waals surface area contributed by atoms with Gasteiger partial charge in [0.2, 0.25) is 5.91 Å². The number of fused-ring (bicyclic) bond motifs is 4. The largest absolute Gasteiger partial charge is 0.327 e. The zero-order valence-electron chi connectivity index (χ0n) is 12.3. The van der Waals surface area contributed by atoms with E-state index in [0.717, 1.165) is 12.2 Å². The molecule has 110 valence electrons. The average molecular weight is 282 g/mol. The van der Waals surface area contributed by atoms with Gasteiger partial charge in [0.1, 0.15) is 0 Å². The van der Waals surface area contributed by atoms with E-state index in [-0.39, 0.29) is 17.4 Å². The monoisotopic (exact) mass is 282 g/mol. The summed E-state index contributed by atoms with van der Waals surface area (Å²) in [4.78, 5) is 15.2. The number of para-hydroxylation sites is 1. The minimum Gasteiger partial charge on any atom is -0.327 e. The lowest BCUT2D eigenvalue weighted by atomic mass is 9.84. The van der Waals surface area contributed by atoms with Crippen molar-refractivity contribution < 1.29 is 4.79 Å². The summed E-state index contributed by atoms with van der Waals surface area (Å²) in [6.07, 6.45) is 6.08. The molecule has 3 aliphatic carbocycles. The van der Waals surface area contributed by atoms with Crippen LogP contribution in [0.5, 0.6) is 0 Å². The lowest BCUT2D eigenvalue weighted by Gasteiger charge is -2.31. The molecule has 4 unspecified atom stereocenters. The second kappa shape index (κ2) is 3.89. The highest BCUT2D eigenvalue weighted by molar-refractivity contribution is 5.99. The molecule has 1 aliphatic heterocycles. The standard InChI is InChI=1S/C18H22N2O/c19-16-12-6-5-11(9-12)15(16)17(21)20-10-18(7-8-18)13-3-1-2-4-14(13)20/h1-4,11-12,15-16H,5-10,19H2. The van der Waals surface area contributed by atoms with E-state index in [0.29, 0.717) is 17.7 Å². The van der Waals surface area contributed by atoms with Crippen molar-refractivity contribution in [1.82, 2.24) is 0 Å². The highest BCUT2D eigenvalue weighted by Gasteiger charge is 2.56. The van der Waals surface area contributed by atoms with Crippen LogP contribution in [0.25, 0.3) is 0 Å². The van der Waals surface area contributed by atoms with Crippen molar-refractivity contribution in [3.8, 4) is 0 Å². The molecule has 5 rings (SSSR count). The predicted molar refractivity (Wildman–Crippen MR) is 82.0 cm³/mol. The topological polar surface area (TPSA) is 46.3 Å². The predicted octanol–water partition coefficient (Wildman–Crippen LogP) is 2.44. The van der Waals surface area contributed by atoms with Crippen molar-refractivity contribution in [2.45, 2.75) is 43.6 Å². The van der Waals surface area contributed by atoms with Gasteiger partial charge < -0.3 is 10.6 Å². The second-order valence-electron chi connectivity index (χ2n) is 7.66. The van der Waals surface area contributed by atoms with Crippen LogP contribution in [0.3, 0.4) is 0 Å². The van der Waals surface area contributed by atoms with Gasteiger partial charge in [0, 0.05) is 23.7 Å². The van der Waals surface area contributed by atoms with Gasteiger partial charge in [0.25, 0.3) is 0 Å². The van der Waals surface area contributed by atoms with Crippen LogP contribution in [0, 0.1) is 17.8 Å². The number of rotatable bonds is 1. The first-order chi connectivity index (χ1) is 10.2. The lowest BCUT2D eigenvalue weighted by molar-refractivity contribution is -0.124. The van der Waals surface area contributed by atoms with Gasteiger partial charge >= 0.3 is 0 Å². The molecule has 0 aromatic heterocycles. The summed E-state index contributed by atoms with van der Waals surface area (Å²) in [5.41, 5.74) is 9.23. The minimum atomic E-state index is 0.0747. The Kier molecular flexibility index (Phi) is 2.26. The zero-order valence-corrected chi connectivity index (χ0v) is 12.3. The maximum atomic E-state index is 13.2. The number of carbonyl (C=O) groups is 1. The summed E-state index contributed by atoms with van der Waals surface area (Å²) >= 11 is 0. The van der Waals surface area contributed by atoms with Crippen LogP contribution in [-0.2, 0) is 10.2 Å². The molecule has 3 nitrogen and oxygen atoms in total. The fourth-order valence-electron chi connectivity index (χ4n) is 5.29. The molecule has 1 amide bonds. The van der Waals surface area contributed by atoms with Gasteiger partial charge in [-0.05, 0) is 55.6 Å². The summed E-state index contributed by atoms with van der Waals surface area (Å²) in [5.74, 6) is 1.52. The van der Waals surface area contributed by atoms with Crippen LogP contribution in [0.1, 0.15) is 37.7 Å². The number of hydrogen-bond donors (Lipinski definition) is 1. The van der Waals surface area contributed by atoms with E-state index in [1.54, 1.807) is 0 Å².